The second-order valence-electron chi connectivity index (χ2n) is 4.31. The van der Waals surface area contributed by atoms with Crippen LogP contribution in [0.2, 0.25) is 0 Å². The maximum atomic E-state index is 13.3. The minimum absolute atomic E-state index is 0.374. The summed E-state index contributed by atoms with van der Waals surface area (Å²) in [4.78, 5) is 8.83. The van der Waals surface area contributed by atoms with Gasteiger partial charge in [-0.2, -0.15) is 0 Å². The average molecular weight is 333 g/mol. The second kappa shape index (κ2) is 5.17. The third-order valence-electron chi connectivity index (χ3n) is 2.75. The van der Waals surface area contributed by atoms with Crippen LogP contribution in [0.15, 0.2) is 46.9 Å². The van der Waals surface area contributed by atoms with E-state index in [4.69, 9.17) is 4.74 Å². The van der Waals surface area contributed by atoms with Crippen molar-refractivity contribution in [3.63, 3.8) is 0 Å². The van der Waals surface area contributed by atoms with Gasteiger partial charge in [0.25, 0.3) is 0 Å². The number of rotatable bonds is 2. The predicted octanol–water partition coefficient (Wildman–Crippen LogP) is 4.63. The van der Waals surface area contributed by atoms with E-state index < -0.39 is 0 Å². The van der Waals surface area contributed by atoms with Gasteiger partial charge in [0, 0.05) is 10.5 Å². The number of ether oxygens (including phenoxy) is 1. The lowest BCUT2D eigenvalue weighted by Gasteiger charge is -2.08. The van der Waals surface area contributed by atoms with Crippen LogP contribution in [0.1, 0.15) is 5.69 Å². The molecule has 0 amide bonds. The minimum atomic E-state index is -0.374. The molecule has 3 nitrogen and oxygen atoms in total. The zero-order valence-corrected chi connectivity index (χ0v) is 12.2. The van der Waals surface area contributed by atoms with E-state index in [9.17, 15) is 4.39 Å². The quantitative estimate of drug-likeness (QED) is 0.686. The van der Waals surface area contributed by atoms with Crippen molar-refractivity contribution in [3.05, 3.63) is 58.4 Å². The van der Waals surface area contributed by atoms with Crippen LogP contribution >= 0.6 is 15.9 Å². The highest BCUT2D eigenvalue weighted by Crippen LogP contribution is 2.27. The molecular weight excluding hydrogens is 323 g/mol. The van der Waals surface area contributed by atoms with Crippen molar-refractivity contribution in [2.75, 3.05) is 0 Å². The van der Waals surface area contributed by atoms with E-state index in [0.29, 0.717) is 21.8 Å². The molecule has 0 bridgehead atoms. The van der Waals surface area contributed by atoms with Crippen molar-refractivity contribution in [2.24, 2.45) is 0 Å². The molecule has 100 valence electrons. The van der Waals surface area contributed by atoms with Crippen molar-refractivity contribution in [3.8, 4) is 11.6 Å². The summed E-state index contributed by atoms with van der Waals surface area (Å²) >= 11 is 3.23. The summed E-state index contributed by atoms with van der Waals surface area (Å²) < 4.78 is 19.6. The molecule has 0 saturated carbocycles. The molecular formula is C15H10BrFN2O. The first-order valence-corrected chi connectivity index (χ1v) is 6.78. The summed E-state index contributed by atoms with van der Waals surface area (Å²) in [6.07, 6.45) is 0. The van der Waals surface area contributed by atoms with E-state index in [2.05, 4.69) is 25.9 Å². The zero-order valence-electron chi connectivity index (χ0n) is 10.6. The zero-order chi connectivity index (χ0) is 14.1. The normalized spacial score (nSPS) is 10.8. The lowest BCUT2D eigenvalue weighted by Crippen LogP contribution is -1.96. The monoisotopic (exact) mass is 332 g/mol. The van der Waals surface area contributed by atoms with Gasteiger partial charge in [-0.25, -0.2) is 14.4 Å². The van der Waals surface area contributed by atoms with Crippen LogP contribution in [-0.2, 0) is 0 Å². The third kappa shape index (κ3) is 2.63. The number of nitrogens with zero attached hydrogens (tertiary/aromatic N) is 2. The summed E-state index contributed by atoms with van der Waals surface area (Å²) in [5.74, 6) is 0.381. The van der Waals surface area contributed by atoms with Crippen LogP contribution in [0.25, 0.3) is 11.0 Å². The molecule has 0 aliphatic carbocycles. The minimum Gasteiger partial charge on any atom is -0.437 e. The lowest BCUT2D eigenvalue weighted by molar-refractivity contribution is 0.453. The van der Waals surface area contributed by atoms with Crippen LogP contribution in [0, 0.1) is 12.7 Å². The standard InChI is InChI=1S/C15H10BrFN2O/c1-9-15(19-14-5-3-2-4-13(14)18-9)20-12-7-10(16)6-11(17)8-12/h2-8H,1H3. The lowest BCUT2D eigenvalue weighted by atomic mass is 10.3. The predicted molar refractivity (Wildman–Crippen MR) is 78.4 cm³/mol. The number of fused-ring (bicyclic) bond motifs is 1. The molecule has 1 heterocycles. The molecule has 0 radical (unpaired) electrons. The number of hydrogen-bond acceptors (Lipinski definition) is 3. The molecule has 0 aliphatic heterocycles. The number of para-hydroxylation sites is 2. The fourth-order valence-corrected chi connectivity index (χ4v) is 2.31. The van der Waals surface area contributed by atoms with Crippen molar-refractivity contribution in [1.82, 2.24) is 9.97 Å². The van der Waals surface area contributed by atoms with Gasteiger partial charge in [0.05, 0.1) is 11.0 Å². The fourth-order valence-electron chi connectivity index (χ4n) is 1.87. The molecule has 0 spiro atoms. The highest BCUT2D eigenvalue weighted by molar-refractivity contribution is 9.10. The maximum absolute atomic E-state index is 13.3. The van der Waals surface area contributed by atoms with Gasteiger partial charge in [-0.15, -0.1) is 0 Å². The molecule has 2 aromatic carbocycles. The topological polar surface area (TPSA) is 35.0 Å². The highest BCUT2D eigenvalue weighted by atomic mass is 79.9. The van der Waals surface area contributed by atoms with Gasteiger partial charge < -0.3 is 4.74 Å². The Morgan fingerprint density at radius 1 is 1.05 bits per heavy atom. The van der Waals surface area contributed by atoms with E-state index >= 15 is 0 Å². The molecule has 0 atom stereocenters. The first-order valence-electron chi connectivity index (χ1n) is 5.99. The van der Waals surface area contributed by atoms with Crippen molar-refractivity contribution in [2.45, 2.75) is 6.92 Å². The highest BCUT2D eigenvalue weighted by Gasteiger charge is 2.08. The van der Waals surface area contributed by atoms with Crippen LogP contribution < -0.4 is 4.74 Å². The van der Waals surface area contributed by atoms with Gasteiger partial charge in [-0.05, 0) is 31.2 Å². The summed E-state index contributed by atoms with van der Waals surface area (Å²) in [6, 6.07) is 11.9. The Morgan fingerprint density at radius 2 is 1.75 bits per heavy atom. The van der Waals surface area contributed by atoms with Crippen molar-refractivity contribution in [1.29, 1.82) is 0 Å². The molecule has 0 N–H and O–H groups in total. The number of halogens is 2. The fraction of sp³-hybridized carbons (Fsp3) is 0.0667. The molecule has 1 aromatic heterocycles. The Morgan fingerprint density at radius 3 is 2.45 bits per heavy atom. The Bertz CT molecular complexity index is 772. The molecule has 0 fully saturated rings. The maximum Gasteiger partial charge on any atom is 0.241 e. The smallest absolute Gasteiger partial charge is 0.241 e. The molecule has 0 unspecified atom stereocenters. The second-order valence-corrected chi connectivity index (χ2v) is 5.23. The van der Waals surface area contributed by atoms with Gasteiger partial charge >= 0.3 is 0 Å². The van der Waals surface area contributed by atoms with Gasteiger partial charge in [-0.1, -0.05) is 28.1 Å². The van der Waals surface area contributed by atoms with Crippen LogP contribution in [0.4, 0.5) is 4.39 Å². The first-order chi connectivity index (χ1) is 9.61. The molecule has 5 heteroatoms. The third-order valence-corrected chi connectivity index (χ3v) is 3.21. The van der Waals surface area contributed by atoms with Crippen molar-refractivity contribution >= 4 is 27.0 Å². The Hall–Kier alpha value is -2.01. The van der Waals surface area contributed by atoms with Gasteiger partial charge in [-0.3, -0.25) is 0 Å². The van der Waals surface area contributed by atoms with Crippen LogP contribution in [0.3, 0.4) is 0 Å². The Labute approximate surface area is 123 Å². The molecule has 0 aliphatic rings. The van der Waals surface area contributed by atoms with E-state index in [1.165, 1.54) is 12.1 Å². The number of aryl methyl sites for hydroxylation is 1. The summed E-state index contributed by atoms with van der Waals surface area (Å²) in [7, 11) is 0. The van der Waals surface area contributed by atoms with E-state index in [-0.39, 0.29) is 5.82 Å². The van der Waals surface area contributed by atoms with Gasteiger partial charge in [0.1, 0.15) is 17.3 Å². The molecule has 20 heavy (non-hydrogen) atoms. The van der Waals surface area contributed by atoms with Gasteiger partial charge in [0.2, 0.25) is 5.88 Å². The summed E-state index contributed by atoms with van der Waals surface area (Å²) in [5, 5.41) is 0. The van der Waals surface area contributed by atoms with E-state index in [1.807, 2.05) is 31.2 Å². The molecule has 3 aromatic rings. The molecule has 0 saturated heterocycles. The van der Waals surface area contributed by atoms with Crippen molar-refractivity contribution < 1.29 is 9.13 Å². The van der Waals surface area contributed by atoms with E-state index in [1.54, 1.807) is 6.07 Å². The summed E-state index contributed by atoms with van der Waals surface area (Å²) in [5.41, 5.74) is 2.20. The Balaban J connectivity index is 2.03. The van der Waals surface area contributed by atoms with Crippen LogP contribution in [0.5, 0.6) is 11.6 Å². The summed E-state index contributed by atoms with van der Waals surface area (Å²) in [6.45, 7) is 1.81. The Kier molecular flexibility index (Phi) is 3.36. The number of aromatic nitrogens is 2. The van der Waals surface area contributed by atoms with E-state index in [0.717, 1.165) is 11.0 Å². The van der Waals surface area contributed by atoms with Gasteiger partial charge in [0.15, 0.2) is 0 Å². The number of benzene rings is 2. The van der Waals surface area contributed by atoms with Crippen LogP contribution in [-0.4, -0.2) is 9.97 Å². The first kappa shape index (κ1) is 13.0. The largest absolute Gasteiger partial charge is 0.437 e. The SMILES string of the molecule is Cc1nc2ccccc2nc1Oc1cc(F)cc(Br)c1. The average Bonchev–Trinajstić information content (AvgIpc) is 2.38. The number of hydrogen-bond donors (Lipinski definition) is 0. The molecule has 3 rings (SSSR count).